The molecule has 2 aromatic rings. The number of hydrogen-bond donors (Lipinski definition) is 0. The topological polar surface area (TPSA) is 110 Å². The van der Waals surface area contributed by atoms with E-state index in [1.807, 2.05) is 29.8 Å². The Morgan fingerprint density at radius 2 is 2.24 bits per heavy atom. The predicted octanol–water partition coefficient (Wildman–Crippen LogP) is 1.33. The second kappa shape index (κ2) is 8.11. The zero-order chi connectivity index (χ0) is 20.6. The van der Waals surface area contributed by atoms with E-state index in [-0.39, 0.29) is 35.9 Å². The average molecular weight is 440 g/mol. The van der Waals surface area contributed by atoms with Gasteiger partial charge in [-0.05, 0) is 44.8 Å². The highest BCUT2D eigenvalue weighted by Crippen LogP contribution is 2.35. The predicted molar refractivity (Wildman–Crippen MR) is 108 cm³/mol. The fraction of sp³-hybridized carbons (Fsp3) is 0.667. The molecule has 4 heterocycles. The molecule has 2 fully saturated rings. The van der Waals surface area contributed by atoms with Crippen molar-refractivity contribution in [3.8, 4) is 10.6 Å². The van der Waals surface area contributed by atoms with Gasteiger partial charge in [0.1, 0.15) is 4.88 Å². The van der Waals surface area contributed by atoms with Crippen LogP contribution in [0.5, 0.6) is 0 Å². The molecule has 4 rings (SSSR count). The van der Waals surface area contributed by atoms with Crippen LogP contribution >= 0.6 is 11.5 Å². The Morgan fingerprint density at radius 3 is 2.93 bits per heavy atom. The van der Waals surface area contributed by atoms with Crippen molar-refractivity contribution in [3.05, 3.63) is 17.5 Å². The molecule has 0 spiro atoms. The monoisotopic (exact) mass is 439 g/mol. The lowest BCUT2D eigenvalue weighted by atomic mass is 9.93. The Hall–Kier alpha value is -1.85. The molecule has 29 heavy (non-hydrogen) atoms. The third kappa shape index (κ3) is 4.51. The minimum absolute atomic E-state index is 0.0294. The second-order valence-corrected chi connectivity index (χ2v) is 11.0. The Bertz CT molecular complexity index is 986. The third-order valence-electron chi connectivity index (χ3n) is 5.74. The van der Waals surface area contributed by atoms with Gasteiger partial charge in [0.2, 0.25) is 5.91 Å². The summed E-state index contributed by atoms with van der Waals surface area (Å²) in [6.07, 6.45) is 2.43. The van der Waals surface area contributed by atoms with E-state index in [9.17, 15) is 13.2 Å². The van der Waals surface area contributed by atoms with Gasteiger partial charge in [-0.15, -0.1) is 5.10 Å². The molecule has 0 unspecified atom stereocenters. The van der Waals surface area contributed by atoms with Crippen molar-refractivity contribution in [3.63, 3.8) is 0 Å². The van der Waals surface area contributed by atoms with E-state index in [0.29, 0.717) is 25.3 Å². The van der Waals surface area contributed by atoms with Crippen LogP contribution in [0.15, 0.2) is 10.6 Å². The Kier molecular flexibility index (Phi) is 5.71. The SMILES string of the molecule is Cc1cc(-c2snnc2[C@@H]2CCCN(C(=O)CN(C)[C@@H]3CCS(=O)(=O)C3)C2)on1. The highest BCUT2D eigenvalue weighted by Gasteiger charge is 2.34. The van der Waals surface area contributed by atoms with Crippen LogP contribution in [0.4, 0.5) is 0 Å². The number of hydrogen-bond acceptors (Lipinski definition) is 9. The van der Waals surface area contributed by atoms with Crippen molar-refractivity contribution in [2.45, 2.75) is 38.1 Å². The van der Waals surface area contributed by atoms with Crippen molar-refractivity contribution >= 4 is 27.3 Å². The normalized spacial score (nSPS) is 24.3. The van der Waals surface area contributed by atoms with Gasteiger partial charge in [0.25, 0.3) is 0 Å². The smallest absolute Gasteiger partial charge is 0.236 e. The van der Waals surface area contributed by atoms with Gasteiger partial charge >= 0.3 is 0 Å². The number of aromatic nitrogens is 3. The van der Waals surface area contributed by atoms with Gasteiger partial charge in [-0.25, -0.2) is 8.42 Å². The van der Waals surface area contributed by atoms with Crippen LogP contribution in [-0.4, -0.2) is 83.1 Å². The van der Waals surface area contributed by atoms with Crippen LogP contribution in [0, 0.1) is 6.92 Å². The maximum absolute atomic E-state index is 12.9. The van der Waals surface area contributed by atoms with Crippen LogP contribution in [0.1, 0.15) is 36.6 Å². The molecule has 0 aliphatic carbocycles. The Balaban J connectivity index is 1.41. The van der Waals surface area contributed by atoms with Crippen molar-refractivity contribution in [2.75, 3.05) is 38.2 Å². The summed E-state index contributed by atoms with van der Waals surface area (Å²) in [5.74, 6) is 1.15. The summed E-state index contributed by atoms with van der Waals surface area (Å²) in [4.78, 5) is 17.5. The summed E-state index contributed by atoms with van der Waals surface area (Å²) in [5.41, 5.74) is 1.66. The lowest BCUT2D eigenvalue weighted by molar-refractivity contribution is -0.133. The average Bonchev–Trinajstić information content (AvgIpc) is 3.41. The summed E-state index contributed by atoms with van der Waals surface area (Å²) in [6, 6.07) is 1.79. The van der Waals surface area contributed by atoms with Gasteiger partial charge in [-0.1, -0.05) is 9.64 Å². The Labute approximate surface area is 174 Å². The number of sulfone groups is 1. The number of carbonyl (C=O) groups excluding carboxylic acids is 1. The van der Waals surface area contributed by atoms with Gasteiger partial charge in [0, 0.05) is 31.1 Å². The first-order valence-corrected chi connectivity index (χ1v) is 12.4. The molecular weight excluding hydrogens is 414 g/mol. The first-order chi connectivity index (χ1) is 13.8. The highest BCUT2D eigenvalue weighted by molar-refractivity contribution is 7.91. The molecule has 0 N–H and O–H groups in total. The van der Waals surface area contributed by atoms with E-state index in [4.69, 9.17) is 4.52 Å². The molecule has 2 aliphatic heterocycles. The van der Waals surface area contributed by atoms with E-state index >= 15 is 0 Å². The third-order valence-corrected chi connectivity index (χ3v) is 8.25. The number of aryl methyl sites for hydroxylation is 1. The van der Waals surface area contributed by atoms with E-state index < -0.39 is 9.84 Å². The quantitative estimate of drug-likeness (QED) is 0.686. The van der Waals surface area contributed by atoms with Crippen LogP contribution in [0.2, 0.25) is 0 Å². The second-order valence-electron chi connectivity index (χ2n) is 7.97. The minimum Gasteiger partial charge on any atom is -0.355 e. The summed E-state index contributed by atoms with van der Waals surface area (Å²) in [5, 5.41) is 8.27. The lowest BCUT2D eigenvalue weighted by Crippen LogP contribution is -2.46. The zero-order valence-corrected chi connectivity index (χ0v) is 18.2. The van der Waals surface area contributed by atoms with Crippen molar-refractivity contribution < 1.29 is 17.7 Å². The first-order valence-electron chi connectivity index (χ1n) is 9.77. The maximum Gasteiger partial charge on any atom is 0.236 e. The number of likely N-dealkylation sites (tertiary alicyclic amines) is 1. The van der Waals surface area contributed by atoms with Crippen LogP contribution in [-0.2, 0) is 14.6 Å². The van der Waals surface area contributed by atoms with Crippen molar-refractivity contribution in [1.82, 2.24) is 24.5 Å². The molecule has 2 aliphatic rings. The van der Waals surface area contributed by atoms with Gasteiger partial charge in [-0.2, -0.15) is 0 Å². The van der Waals surface area contributed by atoms with Gasteiger partial charge < -0.3 is 9.42 Å². The fourth-order valence-electron chi connectivity index (χ4n) is 4.10. The molecule has 9 nitrogen and oxygen atoms in total. The number of amides is 1. The molecule has 158 valence electrons. The molecule has 0 bridgehead atoms. The zero-order valence-electron chi connectivity index (χ0n) is 16.6. The molecule has 2 atom stereocenters. The molecule has 11 heteroatoms. The van der Waals surface area contributed by atoms with E-state index in [1.165, 1.54) is 11.5 Å². The van der Waals surface area contributed by atoms with Gasteiger partial charge in [0.15, 0.2) is 15.6 Å². The fourth-order valence-corrected chi connectivity index (χ4v) is 6.60. The summed E-state index contributed by atoms with van der Waals surface area (Å²) in [7, 11) is -1.13. The van der Waals surface area contributed by atoms with E-state index in [1.54, 1.807) is 0 Å². The molecule has 0 radical (unpaired) electrons. The standard InChI is InChI=1S/C18H25N5O4S2/c1-12-8-15(27-20-12)18-17(19-21-28-18)13-4-3-6-23(9-13)16(24)10-22(2)14-5-7-29(25,26)11-14/h8,13-14H,3-7,9-11H2,1-2H3/t13-,14-/m1/s1. The number of piperidine rings is 1. The number of rotatable bonds is 5. The van der Waals surface area contributed by atoms with E-state index in [2.05, 4.69) is 14.7 Å². The van der Waals surface area contributed by atoms with Crippen LogP contribution < -0.4 is 0 Å². The molecule has 0 aromatic carbocycles. The largest absolute Gasteiger partial charge is 0.355 e. The molecular formula is C18H25N5O4S2. The molecule has 2 aromatic heterocycles. The Morgan fingerprint density at radius 1 is 1.41 bits per heavy atom. The van der Waals surface area contributed by atoms with E-state index in [0.717, 1.165) is 29.1 Å². The summed E-state index contributed by atoms with van der Waals surface area (Å²) >= 11 is 1.28. The van der Waals surface area contributed by atoms with Crippen LogP contribution in [0.25, 0.3) is 10.6 Å². The van der Waals surface area contributed by atoms with Gasteiger partial charge in [-0.3, -0.25) is 9.69 Å². The van der Waals surface area contributed by atoms with Gasteiger partial charge in [0.05, 0.1) is 29.4 Å². The maximum atomic E-state index is 12.9. The minimum atomic E-state index is -2.96. The van der Waals surface area contributed by atoms with Crippen molar-refractivity contribution in [2.24, 2.45) is 0 Å². The van der Waals surface area contributed by atoms with Crippen molar-refractivity contribution in [1.29, 1.82) is 0 Å². The lowest BCUT2D eigenvalue weighted by Gasteiger charge is -2.34. The first kappa shape index (κ1) is 20.4. The number of nitrogens with zero attached hydrogens (tertiary/aromatic N) is 5. The number of carbonyl (C=O) groups is 1. The summed E-state index contributed by atoms with van der Waals surface area (Å²) in [6.45, 7) is 3.40. The summed E-state index contributed by atoms with van der Waals surface area (Å²) < 4.78 is 32.9. The highest BCUT2D eigenvalue weighted by atomic mass is 32.2. The van der Waals surface area contributed by atoms with Crippen LogP contribution in [0.3, 0.4) is 0 Å². The molecule has 0 saturated carbocycles. The molecule has 2 saturated heterocycles. The molecule has 1 amide bonds. The number of likely N-dealkylation sites (N-methyl/N-ethyl adjacent to an activating group) is 1.